The van der Waals surface area contributed by atoms with Crippen LogP contribution in [0.4, 0.5) is 0 Å². The maximum atomic E-state index is 12.1. The molecule has 0 spiro atoms. The Morgan fingerprint density at radius 2 is 2.32 bits per heavy atom. The molecule has 19 heavy (non-hydrogen) atoms. The van der Waals surface area contributed by atoms with Gasteiger partial charge in [-0.3, -0.25) is 4.79 Å². The number of halogens is 1. The minimum Gasteiger partial charge on any atom is -0.372 e. The Kier molecular flexibility index (Phi) is 3.24. The van der Waals surface area contributed by atoms with Gasteiger partial charge in [-0.05, 0) is 28.9 Å². The summed E-state index contributed by atoms with van der Waals surface area (Å²) < 4.78 is 9.87. The maximum Gasteiger partial charge on any atom is 0.253 e. The van der Waals surface area contributed by atoms with Crippen molar-refractivity contribution in [3.05, 3.63) is 44.3 Å². The van der Waals surface area contributed by atoms with E-state index in [1.807, 2.05) is 10.6 Å². The van der Waals surface area contributed by atoms with Crippen LogP contribution >= 0.6 is 15.9 Å². The van der Waals surface area contributed by atoms with Crippen molar-refractivity contribution in [1.29, 1.82) is 0 Å². The summed E-state index contributed by atoms with van der Waals surface area (Å²) >= 11 is 3.40. The molecule has 7 heteroatoms. The second-order valence-electron chi connectivity index (χ2n) is 4.51. The molecule has 2 aromatic rings. The Bertz CT molecular complexity index is 677. The molecule has 1 aliphatic heterocycles. The average Bonchev–Trinajstić information content (AvgIpc) is 2.79. The molecular formula is C12H13BrN4O2. The second kappa shape index (κ2) is 4.90. The van der Waals surface area contributed by atoms with Crippen LogP contribution in [0, 0.1) is 6.92 Å². The topological polar surface area (TPSA) is 61.9 Å². The first-order valence-electron chi connectivity index (χ1n) is 6.00. The van der Waals surface area contributed by atoms with E-state index < -0.39 is 0 Å². The number of aromatic nitrogens is 4. The Labute approximate surface area is 118 Å². The van der Waals surface area contributed by atoms with Gasteiger partial charge in [0.2, 0.25) is 0 Å². The van der Waals surface area contributed by atoms with Gasteiger partial charge in [-0.15, -0.1) is 10.2 Å². The highest BCUT2D eigenvalue weighted by Crippen LogP contribution is 2.12. The summed E-state index contributed by atoms with van der Waals surface area (Å²) in [5.41, 5.74) is 0.698. The number of ether oxygens (including phenoxy) is 1. The monoisotopic (exact) mass is 324 g/mol. The normalized spacial score (nSPS) is 14.4. The van der Waals surface area contributed by atoms with Gasteiger partial charge in [-0.25, -0.2) is 0 Å². The van der Waals surface area contributed by atoms with Crippen molar-refractivity contribution in [2.75, 3.05) is 6.61 Å². The fourth-order valence-corrected chi connectivity index (χ4v) is 2.77. The summed E-state index contributed by atoms with van der Waals surface area (Å²) in [6, 6.07) is 1.81. The SMILES string of the molecule is Cc1cc(Br)cn(Cc2nnc3n2CCOC3)c1=O. The highest BCUT2D eigenvalue weighted by Gasteiger charge is 2.16. The summed E-state index contributed by atoms with van der Waals surface area (Å²) in [6.07, 6.45) is 1.77. The van der Waals surface area contributed by atoms with E-state index >= 15 is 0 Å². The van der Waals surface area contributed by atoms with Crippen molar-refractivity contribution < 1.29 is 4.74 Å². The van der Waals surface area contributed by atoms with E-state index in [4.69, 9.17) is 4.74 Å². The molecule has 2 aromatic heterocycles. The smallest absolute Gasteiger partial charge is 0.253 e. The molecule has 0 bridgehead atoms. The second-order valence-corrected chi connectivity index (χ2v) is 5.43. The summed E-state index contributed by atoms with van der Waals surface area (Å²) in [6.45, 7) is 4.10. The van der Waals surface area contributed by atoms with E-state index in [9.17, 15) is 4.79 Å². The van der Waals surface area contributed by atoms with Crippen molar-refractivity contribution in [1.82, 2.24) is 19.3 Å². The van der Waals surface area contributed by atoms with Crippen molar-refractivity contribution in [2.24, 2.45) is 0 Å². The third kappa shape index (κ3) is 2.35. The Hall–Kier alpha value is -1.47. The average molecular weight is 325 g/mol. The minimum atomic E-state index is -0.00684. The summed E-state index contributed by atoms with van der Waals surface area (Å²) in [5, 5.41) is 8.24. The minimum absolute atomic E-state index is 0.00684. The number of hydrogen-bond donors (Lipinski definition) is 0. The molecule has 0 fully saturated rings. The van der Waals surface area contributed by atoms with Gasteiger partial charge in [-0.1, -0.05) is 0 Å². The lowest BCUT2D eigenvalue weighted by molar-refractivity contribution is 0.0805. The van der Waals surface area contributed by atoms with Crippen LogP contribution in [-0.4, -0.2) is 25.9 Å². The van der Waals surface area contributed by atoms with E-state index in [0.717, 1.165) is 22.7 Å². The standard InChI is InChI=1S/C12H13BrN4O2/c1-8-4-9(13)5-16(12(8)18)6-10-14-15-11-7-19-3-2-17(10)11/h4-5H,2-3,6-7H2,1H3. The Balaban J connectivity index is 1.98. The molecule has 3 heterocycles. The molecule has 1 aliphatic rings. The van der Waals surface area contributed by atoms with Crippen LogP contribution in [0.5, 0.6) is 0 Å². The predicted molar refractivity (Wildman–Crippen MR) is 71.9 cm³/mol. The third-order valence-electron chi connectivity index (χ3n) is 3.14. The quantitative estimate of drug-likeness (QED) is 0.829. The van der Waals surface area contributed by atoms with Crippen LogP contribution in [0.15, 0.2) is 21.5 Å². The van der Waals surface area contributed by atoms with E-state index in [2.05, 4.69) is 26.1 Å². The van der Waals surface area contributed by atoms with Crippen molar-refractivity contribution in [2.45, 2.75) is 26.6 Å². The van der Waals surface area contributed by atoms with E-state index in [-0.39, 0.29) is 5.56 Å². The number of pyridine rings is 1. The molecule has 0 atom stereocenters. The van der Waals surface area contributed by atoms with Gasteiger partial charge in [0.15, 0.2) is 11.6 Å². The van der Waals surface area contributed by atoms with Crippen molar-refractivity contribution in [3.63, 3.8) is 0 Å². The van der Waals surface area contributed by atoms with Crippen LogP contribution in [0.25, 0.3) is 0 Å². The van der Waals surface area contributed by atoms with E-state index in [0.29, 0.717) is 25.3 Å². The van der Waals surface area contributed by atoms with Gasteiger partial charge >= 0.3 is 0 Å². The first kappa shape index (κ1) is 12.6. The largest absolute Gasteiger partial charge is 0.372 e. The van der Waals surface area contributed by atoms with Crippen LogP contribution in [-0.2, 0) is 24.4 Å². The highest BCUT2D eigenvalue weighted by molar-refractivity contribution is 9.10. The van der Waals surface area contributed by atoms with Crippen molar-refractivity contribution in [3.8, 4) is 0 Å². The summed E-state index contributed by atoms with van der Waals surface area (Å²) in [5.74, 6) is 1.61. The number of fused-ring (bicyclic) bond motifs is 1. The molecule has 0 aliphatic carbocycles. The molecule has 0 radical (unpaired) electrons. The predicted octanol–water partition coefficient (Wildman–Crippen LogP) is 1.09. The summed E-state index contributed by atoms with van der Waals surface area (Å²) in [7, 11) is 0. The maximum absolute atomic E-state index is 12.1. The summed E-state index contributed by atoms with van der Waals surface area (Å²) in [4.78, 5) is 12.1. The van der Waals surface area contributed by atoms with Gasteiger partial charge in [0.1, 0.15) is 6.61 Å². The fourth-order valence-electron chi connectivity index (χ4n) is 2.18. The van der Waals surface area contributed by atoms with Gasteiger partial charge in [0.25, 0.3) is 5.56 Å². The number of aryl methyl sites for hydroxylation is 1. The molecule has 0 saturated heterocycles. The first-order valence-corrected chi connectivity index (χ1v) is 6.80. The zero-order chi connectivity index (χ0) is 13.4. The Morgan fingerprint density at radius 1 is 1.47 bits per heavy atom. The third-order valence-corrected chi connectivity index (χ3v) is 3.57. The van der Waals surface area contributed by atoms with Crippen LogP contribution in [0.1, 0.15) is 17.2 Å². The molecule has 100 valence electrons. The van der Waals surface area contributed by atoms with Gasteiger partial charge in [0.05, 0.1) is 13.2 Å². The number of nitrogens with zero attached hydrogens (tertiary/aromatic N) is 4. The van der Waals surface area contributed by atoms with Crippen LogP contribution < -0.4 is 5.56 Å². The molecule has 0 aromatic carbocycles. The van der Waals surface area contributed by atoms with E-state index in [1.165, 1.54) is 0 Å². The molecule has 0 saturated carbocycles. The van der Waals surface area contributed by atoms with Crippen LogP contribution in [0.2, 0.25) is 0 Å². The fraction of sp³-hybridized carbons (Fsp3) is 0.417. The lowest BCUT2D eigenvalue weighted by atomic mass is 10.3. The Morgan fingerprint density at radius 3 is 3.16 bits per heavy atom. The van der Waals surface area contributed by atoms with Crippen LogP contribution in [0.3, 0.4) is 0 Å². The van der Waals surface area contributed by atoms with Gasteiger partial charge < -0.3 is 13.9 Å². The molecule has 6 nitrogen and oxygen atoms in total. The van der Waals surface area contributed by atoms with Gasteiger partial charge in [-0.2, -0.15) is 0 Å². The first-order chi connectivity index (χ1) is 9.15. The lowest BCUT2D eigenvalue weighted by Crippen LogP contribution is -2.25. The van der Waals surface area contributed by atoms with Crippen molar-refractivity contribution >= 4 is 15.9 Å². The lowest BCUT2D eigenvalue weighted by Gasteiger charge is -2.16. The highest BCUT2D eigenvalue weighted by atomic mass is 79.9. The van der Waals surface area contributed by atoms with Gasteiger partial charge in [0, 0.05) is 22.8 Å². The molecule has 0 unspecified atom stereocenters. The van der Waals surface area contributed by atoms with E-state index in [1.54, 1.807) is 17.7 Å². The zero-order valence-corrected chi connectivity index (χ0v) is 12.1. The molecule has 0 N–H and O–H groups in total. The molecular weight excluding hydrogens is 312 g/mol. The zero-order valence-electron chi connectivity index (χ0n) is 10.5. The molecule has 3 rings (SSSR count). The number of hydrogen-bond acceptors (Lipinski definition) is 4. The molecule has 0 amide bonds. The number of rotatable bonds is 2.